The third kappa shape index (κ3) is 13.8. The molecular weight excluding hydrogens is 217 g/mol. The Kier molecular flexibility index (Phi) is 20.3. The van der Waals surface area contributed by atoms with Crippen LogP contribution in [0.2, 0.25) is 0 Å². The zero-order chi connectivity index (χ0) is 2.71. The number of hydrogen-bond acceptors (Lipinski definition) is 1. The maximum Gasteiger partial charge on any atom is 0 e. The zero-order valence-electron chi connectivity index (χ0n) is 3.00. The molecule has 0 heterocycles. The number of rotatable bonds is 0. The number of hydrogen-bond donors (Lipinski definition) is 1. The van der Waals surface area contributed by atoms with Crippen molar-refractivity contribution in [3.63, 3.8) is 0 Å². The molecule has 0 saturated heterocycles. The van der Waals surface area contributed by atoms with E-state index in [1.54, 1.807) is 0 Å². The molecule has 4 heavy (non-hydrogen) atoms. The summed E-state index contributed by atoms with van der Waals surface area (Å²) in [5, 5.41) is 2.75. The molecular formula is C2H7HfN. The van der Waals surface area contributed by atoms with E-state index in [9.17, 15) is 0 Å². The van der Waals surface area contributed by atoms with Crippen molar-refractivity contribution in [3.8, 4) is 0 Å². The van der Waals surface area contributed by atoms with Gasteiger partial charge >= 0.3 is 0 Å². The molecule has 0 aromatic carbocycles. The van der Waals surface area contributed by atoms with Crippen LogP contribution in [-0.4, -0.2) is 14.1 Å². The van der Waals surface area contributed by atoms with Gasteiger partial charge in [0.25, 0.3) is 0 Å². The van der Waals surface area contributed by atoms with Crippen molar-refractivity contribution in [2.75, 3.05) is 14.1 Å². The molecule has 0 aliphatic carbocycles. The second-order valence-electron chi connectivity index (χ2n) is 0.500. The molecule has 0 aliphatic rings. The molecule has 0 amide bonds. The van der Waals surface area contributed by atoms with Crippen LogP contribution in [0.1, 0.15) is 0 Å². The van der Waals surface area contributed by atoms with Crippen molar-refractivity contribution in [1.29, 1.82) is 0 Å². The van der Waals surface area contributed by atoms with E-state index in [0.717, 1.165) is 0 Å². The summed E-state index contributed by atoms with van der Waals surface area (Å²) in [7, 11) is 3.75. The summed E-state index contributed by atoms with van der Waals surface area (Å²) in [6.07, 6.45) is 0. The summed E-state index contributed by atoms with van der Waals surface area (Å²) in [5.74, 6) is 0. The van der Waals surface area contributed by atoms with E-state index in [0.29, 0.717) is 0 Å². The second kappa shape index (κ2) is 9.16. The minimum atomic E-state index is 0. The van der Waals surface area contributed by atoms with Crippen molar-refractivity contribution in [1.82, 2.24) is 5.32 Å². The Morgan fingerprint density at radius 2 is 1.25 bits per heavy atom. The van der Waals surface area contributed by atoms with Crippen molar-refractivity contribution in [3.05, 3.63) is 0 Å². The first kappa shape index (κ1) is 8.85. The quantitative estimate of drug-likeness (QED) is 0.563. The molecule has 0 atom stereocenters. The van der Waals surface area contributed by atoms with Gasteiger partial charge in [0.1, 0.15) is 0 Å². The Hall–Kier alpha value is 0.830. The van der Waals surface area contributed by atoms with Crippen LogP contribution < -0.4 is 5.32 Å². The van der Waals surface area contributed by atoms with Crippen LogP contribution in [0.25, 0.3) is 0 Å². The molecule has 0 fully saturated rings. The average Bonchev–Trinajstić information content (AvgIpc) is 0.918. The van der Waals surface area contributed by atoms with Gasteiger partial charge < -0.3 is 5.32 Å². The smallest absolute Gasteiger partial charge is 0 e. The van der Waals surface area contributed by atoms with E-state index in [4.69, 9.17) is 0 Å². The molecule has 2 heteroatoms. The Morgan fingerprint density at radius 3 is 1.25 bits per heavy atom. The van der Waals surface area contributed by atoms with Gasteiger partial charge in [-0.2, -0.15) is 0 Å². The predicted octanol–water partition coefficient (Wildman–Crippen LogP) is -0.167. The van der Waals surface area contributed by atoms with Gasteiger partial charge in [0.15, 0.2) is 0 Å². The van der Waals surface area contributed by atoms with E-state index in [1.165, 1.54) is 0 Å². The van der Waals surface area contributed by atoms with Crippen molar-refractivity contribution in [2.24, 2.45) is 0 Å². The van der Waals surface area contributed by atoms with Crippen LogP contribution in [-0.2, 0) is 25.8 Å². The van der Waals surface area contributed by atoms with Crippen LogP contribution in [0.3, 0.4) is 0 Å². The predicted molar refractivity (Wildman–Crippen MR) is 15.0 cm³/mol. The zero-order valence-corrected chi connectivity index (χ0v) is 6.59. The molecule has 0 aromatic rings. The Bertz CT molecular complexity index is 6.00. The summed E-state index contributed by atoms with van der Waals surface area (Å²) < 4.78 is 0. The summed E-state index contributed by atoms with van der Waals surface area (Å²) in [6, 6.07) is 0. The van der Waals surface area contributed by atoms with Crippen LogP contribution in [0.4, 0.5) is 0 Å². The molecule has 1 N–H and O–H groups in total. The van der Waals surface area contributed by atoms with Crippen LogP contribution in [0.15, 0.2) is 0 Å². The van der Waals surface area contributed by atoms with Gasteiger partial charge in [-0.15, -0.1) is 0 Å². The fourth-order valence-electron chi connectivity index (χ4n) is 0. The topological polar surface area (TPSA) is 12.0 Å². The maximum atomic E-state index is 2.75. The molecule has 0 bridgehead atoms. The molecule has 0 aromatic heterocycles. The molecule has 0 spiro atoms. The van der Waals surface area contributed by atoms with Crippen LogP contribution >= 0.6 is 0 Å². The first-order chi connectivity index (χ1) is 1.41. The van der Waals surface area contributed by atoms with E-state index in [1.807, 2.05) is 14.1 Å². The average molecular weight is 224 g/mol. The molecule has 0 radical (unpaired) electrons. The first-order valence-corrected chi connectivity index (χ1v) is 1.00. The van der Waals surface area contributed by atoms with Crippen molar-refractivity contribution in [2.45, 2.75) is 0 Å². The number of nitrogens with one attached hydrogen (secondary N) is 1. The molecule has 0 rings (SSSR count). The van der Waals surface area contributed by atoms with Gasteiger partial charge in [0.2, 0.25) is 0 Å². The summed E-state index contributed by atoms with van der Waals surface area (Å²) >= 11 is 0. The standard InChI is InChI=1S/C2H7N.Hf/c1-3-2;/h3H,1-2H3;. The maximum absolute atomic E-state index is 2.75. The molecule has 24 valence electrons. The van der Waals surface area contributed by atoms with Gasteiger partial charge in [0, 0.05) is 25.8 Å². The Balaban J connectivity index is 0. The fourth-order valence-corrected chi connectivity index (χ4v) is 0. The van der Waals surface area contributed by atoms with E-state index < -0.39 is 0 Å². The largest absolute Gasteiger partial charge is 0.323 e. The van der Waals surface area contributed by atoms with Crippen LogP contribution in [0.5, 0.6) is 0 Å². The van der Waals surface area contributed by atoms with E-state index in [-0.39, 0.29) is 25.8 Å². The molecule has 0 saturated carbocycles. The van der Waals surface area contributed by atoms with Gasteiger partial charge in [0.05, 0.1) is 0 Å². The first-order valence-electron chi connectivity index (χ1n) is 1.00. The third-order valence-corrected chi connectivity index (χ3v) is 0. The van der Waals surface area contributed by atoms with Gasteiger partial charge in [-0.25, -0.2) is 0 Å². The minimum absolute atomic E-state index is 0. The Labute approximate surface area is 45.6 Å². The normalized spacial score (nSPS) is 4.50. The molecule has 1 nitrogen and oxygen atoms in total. The summed E-state index contributed by atoms with van der Waals surface area (Å²) in [5.41, 5.74) is 0. The van der Waals surface area contributed by atoms with E-state index >= 15 is 0 Å². The summed E-state index contributed by atoms with van der Waals surface area (Å²) in [4.78, 5) is 0. The Morgan fingerprint density at radius 1 is 1.25 bits per heavy atom. The van der Waals surface area contributed by atoms with E-state index in [2.05, 4.69) is 5.32 Å². The fraction of sp³-hybridized carbons (Fsp3) is 1.00. The summed E-state index contributed by atoms with van der Waals surface area (Å²) in [6.45, 7) is 0. The van der Waals surface area contributed by atoms with Gasteiger partial charge in [-0.05, 0) is 14.1 Å². The van der Waals surface area contributed by atoms with Gasteiger partial charge in [-0.1, -0.05) is 0 Å². The molecule has 0 aliphatic heterocycles. The second-order valence-corrected chi connectivity index (χ2v) is 0.500. The molecule has 0 unspecified atom stereocenters. The van der Waals surface area contributed by atoms with Crippen LogP contribution in [0, 0.1) is 0 Å². The SMILES string of the molecule is CNC.[Hf]. The van der Waals surface area contributed by atoms with Crippen molar-refractivity contribution < 1.29 is 25.8 Å². The minimum Gasteiger partial charge on any atom is -0.323 e. The third-order valence-electron chi connectivity index (χ3n) is 0. The van der Waals surface area contributed by atoms with Crippen molar-refractivity contribution >= 4 is 0 Å². The monoisotopic (exact) mass is 225 g/mol. The van der Waals surface area contributed by atoms with Gasteiger partial charge in [-0.3, -0.25) is 0 Å².